The summed E-state index contributed by atoms with van der Waals surface area (Å²) in [6.45, 7) is 6.75. The van der Waals surface area contributed by atoms with Crippen LogP contribution in [0.1, 0.15) is 45.9 Å². The van der Waals surface area contributed by atoms with Crippen molar-refractivity contribution in [2.45, 2.75) is 52.5 Å². The van der Waals surface area contributed by atoms with Gasteiger partial charge in [-0.15, -0.1) is 0 Å². The highest BCUT2D eigenvalue weighted by Gasteiger charge is 2.34. The number of aryl methyl sites for hydroxylation is 1. The maximum absolute atomic E-state index is 4.57. The zero-order valence-corrected chi connectivity index (χ0v) is 11.9. The molecule has 1 aromatic heterocycles. The molecule has 1 fully saturated rings. The lowest BCUT2D eigenvalue weighted by Crippen LogP contribution is -2.31. The Labute approximate surface area is 110 Å². The van der Waals surface area contributed by atoms with Crippen molar-refractivity contribution in [3.8, 4) is 0 Å². The first-order chi connectivity index (χ1) is 8.55. The number of hydrogen-bond donors (Lipinski definition) is 2. The van der Waals surface area contributed by atoms with Gasteiger partial charge in [-0.1, -0.05) is 27.2 Å². The minimum Gasteiger partial charge on any atom is -0.373 e. The van der Waals surface area contributed by atoms with Crippen molar-refractivity contribution in [3.05, 3.63) is 11.9 Å². The molecule has 0 amide bonds. The van der Waals surface area contributed by atoms with Crippen LogP contribution < -0.4 is 10.6 Å². The molecule has 4 nitrogen and oxygen atoms in total. The minimum atomic E-state index is 0.358. The fourth-order valence-electron chi connectivity index (χ4n) is 2.63. The van der Waals surface area contributed by atoms with Gasteiger partial charge in [-0.05, 0) is 18.3 Å². The summed E-state index contributed by atoms with van der Waals surface area (Å²) in [6, 6.07) is 2.51. The second-order valence-corrected chi connectivity index (χ2v) is 5.74. The molecule has 100 valence electrons. The molecule has 0 saturated heterocycles. The number of hydrogen-bond acceptors (Lipinski definition) is 4. The molecule has 1 atom stereocenters. The molecule has 2 N–H and O–H groups in total. The molecule has 2 rings (SSSR count). The van der Waals surface area contributed by atoms with Gasteiger partial charge in [0.2, 0.25) is 0 Å². The van der Waals surface area contributed by atoms with Gasteiger partial charge in [-0.25, -0.2) is 9.97 Å². The van der Waals surface area contributed by atoms with E-state index in [1.807, 2.05) is 13.1 Å². The monoisotopic (exact) mass is 248 g/mol. The second kappa shape index (κ2) is 5.12. The summed E-state index contributed by atoms with van der Waals surface area (Å²) in [7, 11) is 1.89. The molecular weight excluding hydrogens is 224 g/mol. The van der Waals surface area contributed by atoms with E-state index in [1.54, 1.807) is 0 Å². The first-order valence-corrected chi connectivity index (χ1v) is 6.87. The van der Waals surface area contributed by atoms with Crippen molar-refractivity contribution in [1.82, 2.24) is 9.97 Å². The quantitative estimate of drug-likeness (QED) is 0.859. The summed E-state index contributed by atoms with van der Waals surface area (Å²) >= 11 is 0. The smallest absolute Gasteiger partial charge is 0.132 e. The molecule has 0 bridgehead atoms. The lowest BCUT2D eigenvalue weighted by Gasteiger charge is -2.28. The van der Waals surface area contributed by atoms with E-state index >= 15 is 0 Å². The summed E-state index contributed by atoms with van der Waals surface area (Å²) < 4.78 is 0. The standard InChI is InChI=1S/C14H24N4/c1-5-11-17-12(15-4)9-13(18-11)16-10-7-6-8-14(10,2)3/h9-10H,5-8H2,1-4H3,(H2,15,16,17,18). The molecule has 1 aliphatic rings. The predicted molar refractivity (Wildman–Crippen MR) is 76.0 cm³/mol. The molecular formula is C14H24N4. The molecule has 1 unspecified atom stereocenters. The second-order valence-electron chi connectivity index (χ2n) is 5.74. The molecule has 0 spiro atoms. The van der Waals surface area contributed by atoms with Crippen LogP contribution in [0.2, 0.25) is 0 Å². The van der Waals surface area contributed by atoms with Crippen LogP contribution in [0, 0.1) is 5.41 Å². The Kier molecular flexibility index (Phi) is 3.73. The maximum Gasteiger partial charge on any atom is 0.132 e. The predicted octanol–water partition coefficient (Wildman–Crippen LogP) is 3.07. The number of nitrogens with zero attached hydrogens (tertiary/aromatic N) is 2. The number of aromatic nitrogens is 2. The van der Waals surface area contributed by atoms with Crippen LogP contribution in [0.25, 0.3) is 0 Å². The summed E-state index contributed by atoms with van der Waals surface area (Å²) in [5, 5.41) is 6.69. The van der Waals surface area contributed by atoms with Crippen molar-refractivity contribution in [2.75, 3.05) is 17.7 Å². The van der Waals surface area contributed by atoms with Crippen LogP contribution in [0.5, 0.6) is 0 Å². The van der Waals surface area contributed by atoms with Gasteiger partial charge in [-0.3, -0.25) is 0 Å². The highest BCUT2D eigenvalue weighted by Crippen LogP contribution is 2.38. The van der Waals surface area contributed by atoms with E-state index in [-0.39, 0.29) is 0 Å². The van der Waals surface area contributed by atoms with Crippen LogP contribution in [-0.4, -0.2) is 23.1 Å². The average Bonchev–Trinajstić information content (AvgIpc) is 2.68. The molecule has 1 aliphatic carbocycles. The van der Waals surface area contributed by atoms with Gasteiger partial charge in [0.05, 0.1) is 0 Å². The Morgan fingerprint density at radius 1 is 1.33 bits per heavy atom. The third-order valence-electron chi connectivity index (χ3n) is 3.92. The van der Waals surface area contributed by atoms with Gasteiger partial charge in [-0.2, -0.15) is 0 Å². The van der Waals surface area contributed by atoms with Crippen molar-refractivity contribution >= 4 is 11.6 Å². The van der Waals surface area contributed by atoms with Crippen LogP contribution in [0.4, 0.5) is 11.6 Å². The highest BCUT2D eigenvalue weighted by molar-refractivity contribution is 5.48. The molecule has 0 aliphatic heterocycles. The van der Waals surface area contributed by atoms with Gasteiger partial charge in [0, 0.05) is 25.6 Å². The fourth-order valence-corrected chi connectivity index (χ4v) is 2.63. The molecule has 1 heterocycles. The van der Waals surface area contributed by atoms with E-state index in [9.17, 15) is 0 Å². The third-order valence-corrected chi connectivity index (χ3v) is 3.92. The van der Waals surface area contributed by atoms with E-state index in [1.165, 1.54) is 19.3 Å². The van der Waals surface area contributed by atoms with Crippen molar-refractivity contribution in [1.29, 1.82) is 0 Å². The fraction of sp³-hybridized carbons (Fsp3) is 0.714. The van der Waals surface area contributed by atoms with E-state index in [2.05, 4.69) is 41.4 Å². The highest BCUT2D eigenvalue weighted by atomic mass is 15.1. The van der Waals surface area contributed by atoms with Crippen molar-refractivity contribution in [2.24, 2.45) is 5.41 Å². The van der Waals surface area contributed by atoms with Gasteiger partial charge >= 0.3 is 0 Å². The Hall–Kier alpha value is -1.32. The zero-order valence-electron chi connectivity index (χ0n) is 11.9. The first-order valence-electron chi connectivity index (χ1n) is 6.87. The molecule has 18 heavy (non-hydrogen) atoms. The minimum absolute atomic E-state index is 0.358. The Morgan fingerprint density at radius 3 is 2.61 bits per heavy atom. The topological polar surface area (TPSA) is 49.8 Å². The van der Waals surface area contributed by atoms with Gasteiger partial charge < -0.3 is 10.6 Å². The third kappa shape index (κ3) is 2.74. The van der Waals surface area contributed by atoms with E-state index < -0.39 is 0 Å². The summed E-state index contributed by atoms with van der Waals surface area (Å²) in [6.07, 6.45) is 4.68. The maximum atomic E-state index is 4.57. The number of anilines is 2. The van der Waals surface area contributed by atoms with Crippen LogP contribution in [0.3, 0.4) is 0 Å². The van der Waals surface area contributed by atoms with Crippen LogP contribution in [0.15, 0.2) is 6.07 Å². The van der Waals surface area contributed by atoms with Gasteiger partial charge in [0.1, 0.15) is 17.5 Å². The lowest BCUT2D eigenvalue weighted by atomic mass is 9.87. The van der Waals surface area contributed by atoms with Crippen molar-refractivity contribution in [3.63, 3.8) is 0 Å². The zero-order chi connectivity index (χ0) is 13.2. The molecule has 1 aromatic rings. The molecule has 1 saturated carbocycles. The van der Waals surface area contributed by atoms with Crippen LogP contribution >= 0.6 is 0 Å². The summed E-state index contributed by atoms with van der Waals surface area (Å²) in [5.74, 6) is 2.73. The Balaban J connectivity index is 2.18. The number of nitrogens with one attached hydrogen (secondary N) is 2. The molecule has 4 heteroatoms. The summed E-state index contributed by atoms with van der Waals surface area (Å²) in [5.41, 5.74) is 0.358. The van der Waals surface area contributed by atoms with E-state index in [4.69, 9.17) is 0 Å². The molecule has 0 aromatic carbocycles. The van der Waals surface area contributed by atoms with Crippen LogP contribution in [-0.2, 0) is 6.42 Å². The average molecular weight is 248 g/mol. The normalized spacial score (nSPS) is 21.9. The number of rotatable bonds is 4. The largest absolute Gasteiger partial charge is 0.373 e. The summed E-state index contributed by atoms with van der Waals surface area (Å²) in [4.78, 5) is 8.99. The first kappa shape index (κ1) is 13.1. The van der Waals surface area contributed by atoms with Gasteiger partial charge in [0.15, 0.2) is 0 Å². The SMILES string of the molecule is CCc1nc(NC)cc(NC2CCCC2(C)C)n1. The Morgan fingerprint density at radius 2 is 2.06 bits per heavy atom. The van der Waals surface area contributed by atoms with E-state index in [0.717, 1.165) is 23.9 Å². The van der Waals surface area contributed by atoms with Gasteiger partial charge in [0.25, 0.3) is 0 Å². The Bertz CT molecular complexity index is 392. The van der Waals surface area contributed by atoms with Crippen molar-refractivity contribution < 1.29 is 0 Å². The lowest BCUT2D eigenvalue weighted by molar-refractivity contribution is 0.349. The van der Waals surface area contributed by atoms with E-state index in [0.29, 0.717) is 11.5 Å². The molecule has 0 radical (unpaired) electrons.